The predicted octanol–water partition coefficient (Wildman–Crippen LogP) is 5.09. The maximum Gasteiger partial charge on any atom is 0.189 e. The first-order chi connectivity index (χ1) is 12.5. The number of guanidine groups is 1. The molecule has 0 radical (unpaired) electrons. The summed E-state index contributed by atoms with van der Waals surface area (Å²) >= 11 is 12.1. The molecule has 1 aromatic heterocycles. The molecule has 1 atom stereocenters. The monoisotopic (exact) mass is 517 g/mol. The van der Waals surface area contributed by atoms with E-state index in [1.165, 1.54) is 0 Å². The molecule has 5 nitrogen and oxygen atoms in total. The van der Waals surface area contributed by atoms with Crippen LogP contribution in [0.2, 0.25) is 10.0 Å². The van der Waals surface area contributed by atoms with Gasteiger partial charge in [-0.15, -0.1) is 24.0 Å². The number of aryl methyl sites for hydroxylation is 1. The van der Waals surface area contributed by atoms with Crippen molar-refractivity contribution < 1.29 is 0 Å². The van der Waals surface area contributed by atoms with E-state index in [2.05, 4.69) is 20.3 Å². The predicted molar refractivity (Wildman–Crippen MR) is 124 cm³/mol. The van der Waals surface area contributed by atoms with E-state index in [0.717, 1.165) is 35.3 Å². The highest BCUT2D eigenvalue weighted by Gasteiger charge is 2.10. The number of nitrogens with zero attached hydrogens (tertiary/aromatic N) is 2. The lowest BCUT2D eigenvalue weighted by Gasteiger charge is -2.16. The maximum absolute atomic E-state index is 6.22. The first kappa shape index (κ1) is 21.8. The van der Waals surface area contributed by atoms with Crippen molar-refractivity contribution in [3.63, 3.8) is 0 Å². The number of hydrogen-bond acceptors (Lipinski definition) is 2. The fourth-order valence-corrected chi connectivity index (χ4v) is 3.34. The lowest BCUT2D eigenvalue weighted by molar-refractivity contribution is 0.703. The van der Waals surface area contributed by atoms with Gasteiger partial charge in [-0.2, -0.15) is 0 Å². The van der Waals surface area contributed by atoms with Crippen LogP contribution in [0.3, 0.4) is 0 Å². The Morgan fingerprint density at radius 2 is 2.04 bits per heavy atom. The number of hydrogen-bond donors (Lipinski definition) is 3. The molecule has 0 bridgehead atoms. The molecular weight excluding hydrogens is 496 g/mol. The number of aromatic amines is 1. The van der Waals surface area contributed by atoms with Crippen LogP contribution in [-0.2, 0) is 6.42 Å². The number of nitrogens with two attached hydrogens (primary N) is 1. The fraction of sp³-hybridized carbons (Fsp3) is 0.263. The summed E-state index contributed by atoms with van der Waals surface area (Å²) in [5.41, 5.74) is 8.95. The highest BCUT2D eigenvalue weighted by molar-refractivity contribution is 14.0. The minimum atomic E-state index is -0.0566. The molecule has 0 spiro atoms. The Morgan fingerprint density at radius 3 is 2.78 bits per heavy atom. The van der Waals surface area contributed by atoms with Crippen molar-refractivity contribution in [2.24, 2.45) is 10.7 Å². The summed E-state index contributed by atoms with van der Waals surface area (Å²) in [6, 6.07) is 13.4. The summed E-state index contributed by atoms with van der Waals surface area (Å²) in [5.74, 6) is 1.36. The normalized spacial score (nSPS) is 12.6. The molecule has 144 valence electrons. The Balaban J connectivity index is 0.00000261. The third-order valence-electron chi connectivity index (χ3n) is 4.09. The number of aliphatic imine (C=N–C) groups is 1. The zero-order valence-electron chi connectivity index (χ0n) is 14.9. The molecule has 0 amide bonds. The number of benzene rings is 2. The molecule has 3 rings (SSSR count). The van der Waals surface area contributed by atoms with Crippen LogP contribution in [0.4, 0.5) is 0 Å². The van der Waals surface area contributed by atoms with Crippen LogP contribution in [0.15, 0.2) is 47.5 Å². The number of halogens is 3. The van der Waals surface area contributed by atoms with Crippen LogP contribution in [0.5, 0.6) is 0 Å². The molecule has 0 aliphatic heterocycles. The van der Waals surface area contributed by atoms with Gasteiger partial charge in [0.25, 0.3) is 0 Å². The van der Waals surface area contributed by atoms with E-state index in [-0.39, 0.29) is 30.0 Å². The fourth-order valence-electron chi connectivity index (χ4n) is 2.77. The van der Waals surface area contributed by atoms with E-state index in [1.54, 1.807) is 6.07 Å². The highest BCUT2D eigenvalue weighted by atomic mass is 127. The van der Waals surface area contributed by atoms with Gasteiger partial charge < -0.3 is 16.0 Å². The Bertz CT molecular complexity index is 892. The quantitative estimate of drug-likeness (QED) is 0.184. The van der Waals surface area contributed by atoms with Crippen molar-refractivity contribution in [3.05, 3.63) is 63.9 Å². The molecule has 0 aliphatic carbocycles. The van der Waals surface area contributed by atoms with Gasteiger partial charge in [-0.1, -0.05) is 41.4 Å². The van der Waals surface area contributed by atoms with Crippen molar-refractivity contribution in [3.8, 4) is 0 Å². The third-order valence-corrected chi connectivity index (χ3v) is 4.65. The zero-order valence-corrected chi connectivity index (χ0v) is 18.7. The lowest BCUT2D eigenvalue weighted by atomic mass is 10.1. The summed E-state index contributed by atoms with van der Waals surface area (Å²) < 4.78 is 0. The molecule has 2 aromatic carbocycles. The Kier molecular flexibility index (Phi) is 8.19. The van der Waals surface area contributed by atoms with Crippen LogP contribution in [0.25, 0.3) is 11.0 Å². The first-order valence-corrected chi connectivity index (χ1v) is 9.23. The molecule has 0 aliphatic rings. The van der Waals surface area contributed by atoms with Gasteiger partial charge in [-0.05, 0) is 43.2 Å². The largest absolute Gasteiger partial charge is 0.370 e. The van der Waals surface area contributed by atoms with E-state index in [0.29, 0.717) is 22.5 Å². The van der Waals surface area contributed by atoms with Crippen LogP contribution < -0.4 is 11.1 Å². The van der Waals surface area contributed by atoms with Crippen molar-refractivity contribution in [2.45, 2.75) is 25.8 Å². The molecule has 0 saturated carbocycles. The molecule has 1 unspecified atom stereocenters. The van der Waals surface area contributed by atoms with Gasteiger partial charge in [0.2, 0.25) is 0 Å². The maximum atomic E-state index is 6.22. The zero-order chi connectivity index (χ0) is 18.5. The summed E-state index contributed by atoms with van der Waals surface area (Å²) in [5, 5.41) is 4.37. The second-order valence-electron chi connectivity index (χ2n) is 6.10. The summed E-state index contributed by atoms with van der Waals surface area (Å²) in [7, 11) is 0. The molecule has 8 heteroatoms. The van der Waals surface area contributed by atoms with Gasteiger partial charge in [0, 0.05) is 23.0 Å². The number of fused-ring (bicyclic) bond motifs is 1. The number of aromatic nitrogens is 2. The van der Waals surface area contributed by atoms with Crippen LogP contribution in [0, 0.1) is 0 Å². The number of para-hydroxylation sites is 2. The minimum Gasteiger partial charge on any atom is -0.370 e. The standard InChI is InChI=1S/C19H21Cl2N5.HI/c1-12(14-9-8-13(20)11-15(14)21)24-19(22)23-10-4-7-18-25-16-5-2-3-6-17(16)26-18;/h2-3,5-6,8-9,11-12H,4,7,10H2,1H3,(H,25,26)(H3,22,23,24);1H. The van der Waals surface area contributed by atoms with Crippen molar-refractivity contribution in [1.29, 1.82) is 0 Å². The molecule has 4 N–H and O–H groups in total. The van der Waals surface area contributed by atoms with Gasteiger partial charge in [0.05, 0.1) is 17.1 Å². The number of imidazole rings is 1. The van der Waals surface area contributed by atoms with E-state index in [9.17, 15) is 0 Å². The second-order valence-corrected chi connectivity index (χ2v) is 6.95. The SMILES string of the molecule is CC(NC(N)=NCCCc1nc2ccccc2[nH]1)c1ccc(Cl)cc1Cl.I. The lowest BCUT2D eigenvalue weighted by Crippen LogP contribution is -2.34. The topological polar surface area (TPSA) is 79.1 Å². The van der Waals surface area contributed by atoms with Crippen LogP contribution >= 0.6 is 47.2 Å². The smallest absolute Gasteiger partial charge is 0.189 e. The number of nitrogens with one attached hydrogen (secondary N) is 2. The van der Waals surface area contributed by atoms with Gasteiger partial charge in [-0.25, -0.2) is 4.98 Å². The Morgan fingerprint density at radius 1 is 1.26 bits per heavy atom. The Hall–Kier alpha value is -1.51. The molecule has 0 saturated heterocycles. The molecule has 3 aromatic rings. The average Bonchev–Trinajstić information content (AvgIpc) is 3.01. The van der Waals surface area contributed by atoms with Gasteiger partial charge in [0.1, 0.15) is 5.82 Å². The highest BCUT2D eigenvalue weighted by Crippen LogP contribution is 2.25. The van der Waals surface area contributed by atoms with Crippen molar-refractivity contribution in [1.82, 2.24) is 15.3 Å². The number of rotatable bonds is 6. The average molecular weight is 518 g/mol. The van der Waals surface area contributed by atoms with E-state index in [1.807, 2.05) is 43.3 Å². The molecule has 0 fully saturated rings. The van der Waals surface area contributed by atoms with Crippen LogP contribution in [0.1, 0.15) is 30.8 Å². The van der Waals surface area contributed by atoms with Gasteiger partial charge in [-0.3, -0.25) is 4.99 Å². The minimum absolute atomic E-state index is 0. The summed E-state index contributed by atoms with van der Waals surface area (Å²) in [6.07, 6.45) is 1.68. The van der Waals surface area contributed by atoms with Gasteiger partial charge in [0.15, 0.2) is 5.96 Å². The first-order valence-electron chi connectivity index (χ1n) is 8.48. The second kappa shape index (κ2) is 10.1. The summed E-state index contributed by atoms with van der Waals surface area (Å²) in [6.45, 7) is 2.60. The van der Waals surface area contributed by atoms with E-state index in [4.69, 9.17) is 28.9 Å². The van der Waals surface area contributed by atoms with Crippen molar-refractivity contribution >= 4 is 64.2 Å². The number of H-pyrrole nitrogens is 1. The van der Waals surface area contributed by atoms with E-state index < -0.39 is 0 Å². The third kappa shape index (κ3) is 5.99. The molecule has 1 heterocycles. The van der Waals surface area contributed by atoms with E-state index >= 15 is 0 Å². The molecule has 27 heavy (non-hydrogen) atoms. The Labute approximate surface area is 185 Å². The molecular formula is C19H22Cl2IN5. The van der Waals surface area contributed by atoms with Crippen molar-refractivity contribution in [2.75, 3.05) is 6.54 Å². The van der Waals surface area contributed by atoms with Crippen LogP contribution in [-0.4, -0.2) is 22.5 Å². The summed E-state index contributed by atoms with van der Waals surface area (Å²) in [4.78, 5) is 12.3. The van der Waals surface area contributed by atoms with Gasteiger partial charge >= 0.3 is 0 Å².